The Morgan fingerprint density at radius 3 is 1.88 bits per heavy atom. The van der Waals surface area contributed by atoms with Gasteiger partial charge in [-0.15, -0.1) is 11.3 Å². The van der Waals surface area contributed by atoms with Gasteiger partial charge in [-0.25, -0.2) is 4.79 Å². The van der Waals surface area contributed by atoms with Crippen LogP contribution < -0.4 is 0 Å². The molecule has 0 saturated heterocycles. The molecule has 0 bridgehead atoms. The van der Waals surface area contributed by atoms with Gasteiger partial charge in [0.05, 0.1) is 0 Å². The molecule has 0 aliphatic heterocycles. The molecule has 3 heteroatoms. The number of carbonyl (C=O) groups excluding carboxylic acids is 1. The van der Waals surface area contributed by atoms with Crippen molar-refractivity contribution in [2.45, 2.75) is 25.9 Å². The van der Waals surface area contributed by atoms with E-state index < -0.39 is 6.10 Å². The minimum Gasteiger partial charge on any atom is -0.448 e. The molecule has 0 saturated carbocycles. The first kappa shape index (κ1) is 16.5. The van der Waals surface area contributed by atoms with E-state index in [-0.39, 0.29) is 5.97 Å². The number of hydrogen-bond donors (Lipinski definition) is 0. The molecule has 0 aliphatic carbocycles. The van der Waals surface area contributed by atoms with E-state index in [1.807, 2.05) is 72.1 Å². The topological polar surface area (TPSA) is 26.3 Å². The van der Waals surface area contributed by atoms with Crippen LogP contribution in [0, 0.1) is 0 Å². The summed E-state index contributed by atoms with van der Waals surface area (Å²) in [6.07, 6.45) is -0.399. The Kier molecular flexibility index (Phi) is 5.11. The molecule has 2 aromatic carbocycles. The zero-order valence-corrected chi connectivity index (χ0v) is 14.6. The van der Waals surface area contributed by atoms with Crippen molar-refractivity contribution in [3.63, 3.8) is 0 Å². The van der Waals surface area contributed by atoms with Crippen LogP contribution in [-0.4, -0.2) is 5.97 Å². The van der Waals surface area contributed by atoms with Gasteiger partial charge in [0.2, 0.25) is 0 Å². The highest BCUT2D eigenvalue weighted by molar-refractivity contribution is 7.12. The second-order valence-corrected chi connectivity index (χ2v) is 6.92. The van der Waals surface area contributed by atoms with E-state index in [2.05, 4.69) is 13.8 Å². The second kappa shape index (κ2) is 7.45. The smallest absolute Gasteiger partial charge is 0.349 e. The summed E-state index contributed by atoms with van der Waals surface area (Å²) in [7, 11) is 0. The fourth-order valence-electron chi connectivity index (χ4n) is 2.51. The molecule has 3 aromatic rings. The maximum absolute atomic E-state index is 12.6. The molecule has 0 fully saturated rings. The van der Waals surface area contributed by atoms with Crippen LogP contribution in [0.3, 0.4) is 0 Å². The lowest BCUT2D eigenvalue weighted by atomic mass is 10.0. The SMILES string of the molecule is CC(C)c1csc(C(=O)OC(c2ccccc2)c2ccccc2)c1. The molecule has 0 aliphatic rings. The van der Waals surface area contributed by atoms with Gasteiger partial charge in [0, 0.05) is 0 Å². The van der Waals surface area contributed by atoms with E-state index in [1.165, 1.54) is 16.9 Å². The normalized spacial score (nSPS) is 11.0. The summed E-state index contributed by atoms with van der Waals surface area (Å²) >= 11 is 1.44. The van der Waals surface area contributed by atoms with Crippen LogP contribution in [0.25, 0.3) is 0 Å². The summed E-state index contributed by atoms with van der Waals surface area (Å²) in [6, 6.07) is 21.6. The van der Waals surface area contributed by atoms with Gasteiger partial charge in [-0.2, -0.15) is 0 Å². The molecule has 0 radical (unpaired) electrons. The third-order valence-electron chi connectivity index (χ3n) is 3.92. The van der Waals surface area contributed by atoms with Crippen LogP contribution in [-0.2, 0) is 4.74 Å². The fourth-order valence-corrected chi connectivity index (χ4v) is 3.46. The minimum absolute atomic E-state index is 0.274. The standard InChI is InChI=1S/C21H20O2S/c1-15(2)18-13-19(24-14-18)21(22)23-20(16-9-5-3-6-10-16)17-11-7-4-8-12-17/h3-15,20H,1-2H3. The van der Waals surface area contributed by atoms with Crippen LogP contribution in [0.5, 0.6) is 0 Å². The molecule has 1 aromatic heterocycles. The van der Waals surface area contributed by atoms with Crippen molar-refractivity contribution in [3.8, 4) is 0 Å². The molecular weight excluding hydrogens is 316 g/mol. The van der Waals surface area contributed by atoms with Crippen LogP contribution in [0.4, 0.5) is 0 Å². The first-order valence-electron chi connectivity index (χ1n) is 8.04. The van der Waals surface area contributed by atoms with E-state index >= 15 is 0 Å². The lowest BCUT2D eigenvalue weighted by Crippen LogP contribution is -2.12. The van der Waals surface area contributed by atoms with Crippen LogP contribution in [0.1, 0.15) is 52.2 Å². The highest BCUT2D eigenvalue weighted by Gasteiger charge is 2.21. The Morgan fingerprint density at radius 2 is 1.42 bits per heavy atom. The zero-order chi connectivity index (χ0) is 16.9. The number of rotatable bonds is 5. The maximum Gasteiger partial charge on any atom is 0.349 e. The van der Waals surface area contributed by atoms with Crippen molar-refractivity contribution in [3.05, 3.63) is 93.7 Å². The van der Waals surface area contributed by atoms with E-state index in [0.29, 0.717) is 10.8 Å². The Bertz CT molecular complexity index is 751. The number of esters is 1. The van der Waals surface area contributed by atoms with Crippen molar-refractivity contribution in [2.24, 2.45) is 0 Å². The molecule has 1 heterocycles. The second-order valence-electron chi connectivity index (χ2n) is 6.01. The number of benzene rings is 2. The average molecular weight is 336 g/mol. The lowest BCUT2D eigenvalue weighted by molar-refractivity contribution is 0.0384. The Labute approximate surface area is 146 Å². The molecule has 24 heavy (non-hydrogen) atoms. The molecular formula is C21H20O2S. The predicted molar refractivity (Wildman–Crippen MR) is 98.6 cm³/mol. The quantitative estimate of drug-likeness (QED) is 0.549. The highest BCUT2D eigenvalue weighted by atomic mass is 32.1. The van der Waals surface area contributed by atoms with Gasteiger partial charge in [0.25, 0.3) is 0 Å². The van der Waals surface area contributed by atoms with E-state index in [9.17, 15) is 4.79 Å². The molecule has 0 spiro atoms. The number of hydrogen-bond acceptors (Lipinski definition) is 3. The first-order valence-corrected chi connectivity index (χ1v) is 8.92. The molecule has 0 amide bonds. The number of ether oxygens (including phenoxy) is 1. The maximum atomic E-state index is 12.6. The summed E-state index contributed by atoms with van der Waals surface area (Å²) in [5.41, 5.74) is 3.11. The van der Waals surface area contributed by atoms with Crippen LogP contribution in [0.15, 0.2) is 72.1 Å². The van der Waals surface area contributed by atoms with Gasteiger partial charge in [0.1, 0.15) is 4.88 Å². The van der Waals surface area contributed by atoms with Gasteiger partial charge in [-0.05, 0) is 34.1 Å². The van der Waals surface area contributed by atoms with Crippen molar-refractivity contribution in [1.29, 1.82) is 0 Å². The average Bonchev–Trinajstić information content (AvgIpc) is 3.11. The molecule has 0 N–H and O–H groups in total. The Hall–Kier alpha value is -2.39. The van der Waals surface area contributed by atoms with Gasteiger partial charge < -0.3 is 4.74 Å². The van der Waals surface area contributed by atoms with Gasteiger partial charge in [0.15, 0.2) is 6.10 Å². The molecule has 0 unspecified atom stereocenters. The minimum atomic E-state index is -0.399. The number of carbonyl (C=O) groups is 1. The number of thiophene rings is 1. The van der Waals surface area contributed by atoms with E-state index in [4.69, 9.17) is 4.74 Å². The van der Waals surface area contributed by atoms with Crippen molar-refractivity contribution >= 4 is 17.3 Å². The van der Waals surface area contributed by atoms with Crippen molar-refractivity contribution in [1.82, 2.24) is 0 Å². The molecule has 122 valence electrons. The molecule has 0 atom stereocenters. The van der Waals surface area contributed by atoms with Crippen molar-refractivity contribution < 1.29 is 9.53 Å². The summed E-state index contributed by atoms with van der Waals surface area (Å²) < 4.78 is 5.87. The largest absolute Gasteiger partial charge is 0.448 e. The monoisotopic (exact) mass is 336 g/mol. The fraction of sp³-hybridized carbons (Fsp3) is 0.190. The lowest BCUT2D eigenvalue weighted by Gasteiger charge is -2.18. The van der Waals surface area contributed by atoms with E-state index in [1.54, 1.807) is 0 Å². The predicted octanol–water partition coefficient (Wildman–Crippen LogP) is 5.82. The van der Waals surface area contributed by atoms with Crippen molar-refractivity contribution in [2.75, 3.05) is 0 Å². The van der Waals surface area contributed by atoms with Crippen LogP contribution >= 0.6 is 11.3 Å². The first-order chi connectivity index (χ1) is 11.6. The van der Waals surface area contributed by atoms with Gasteiger partial charge in [-0.3, -0.25) is 0 Å². The Balaban J connectivity index is 1.88. The molecule has 2 nitrogen and oxygen atoms in total. The highest BCUT2D eigenvalue weighted by Crippen LogP contribution is 2.29. The summed E-state index contributed by atoms with van der Waals surface area (Å²) in [4.78, 5) is 13.3. The zero-order valence-electron chi connectivity index (χ0n) is 13.8. The summed E-state index contributed by atoms with van der Waals surface area (Å²) in [5, 5.41) is 2.03. The van der Waals surface area contributed by atoms with E-state index in [0.717, 1.165) is 11.1 Å². The Morgan fingerprint density at radius 1 is 0.875 bits per heavy atom. The third-order valence-corrected chi connectivity index (χ3v) is 4.85. The van der Waals surface area contributed by atoms with Gasteiger partial charge >= 0.3 is 5.97 Å². The summed E-state index contributed by atoms with van der Waals surface area (Å²) in [5.74, 6) is 0.131. The summed E-state index contributed by atoms with van der Waals surface area (Å²) in [6.45, 7) is 4.24. The van der Waals surface area contributed by atoms with Gasteiger partial charge in [-0.1, -0.05) is 74.5 Å². The molecule has 3 rings (SSSR count). The third kappa shape index (κ3) is 3.74. The van der Waals surface area contributed by atoms with Crippen LogP contribution in [0.2, 0.25) is 0 Å².